The summed E-state index contributed by atoms with van der Waals surface area (Å²) in [6, 6.07) is 12.9. The van der Waals surface area contributed by atoms with Crippen LogP contribution in [-0.4, -0.2) is 27.5 Å². The summed E-state index contributed by atoms with van der Waals surface area (Å²) in [6.45, 7) is 0. The molecule has 4 rings (SSSR count). The summed E-state index contributed by atoms with van der Waals surface area (Å²) in [5.74, 6) is -2.23. The predicted molar refractivity (Wildman–Crippen MR) is 129 cm³/mol. The molecule has 1 aliphatic heterocycles. The number of nitriles is 1. The molecule has 0 saturated heterocycles. The van der Waals surface area contributed by atoms with E-state index in [1.807, 2.05) is 6.07 Å². The largest absolute Gasteiger partial charge is 0.466 e. The average molecular weight is 505 g/mol. The molecule has 13 heteroatoms. The number of non-ortho nitro benzene ring substituents is 2. The Labute approximate surface area is 205 Å². The summed E-state index contributed by atoms with van der Waals surface area (Å²) >= 11 is 0.878. The van der Waals surface area contributed by atoms with Gasteiger partial charge in [0.05, 0.1) is 44.6 Å². The zero-order valence-corrected chi connectivity index (χ0v) is 19.2. The maximum absolute atomic E-state index is 13.3. The second-order valence-electron chi connectivity index (χ2n) is 7.51. The van der Waals surface area contributed by atoms with Crippen LogP contribution in [0.3, 0.4) is 0 Å². The van der Waals surface area contributed by atoms with Crippen LogP contribution in [0.1, 0.15) is 17.0 Å². The van der Waals surface area contributed by atoms with Gasteiger partial charge >= 0.3 is 5.97 Å². The summed E-state index contributed by atoms with van der Waals surface area (Å²) < 4.78 is 6.11. The van der Waals surface area contributed by atoms with E-state index in [1.165, 1.54) is 48.5 Å². The Morgan fingerprint density at radius 1 is 1.17 bits per heavy atom. The highest BCUT2D eigenvalue weighted by molar-refractivity contribution is 7.07. The van der Waals surface area contributed by atoms with Gasteiger partial charge in [0.25, 0.3) is 16.9 Å². The molecule has 0 radical (unpaired) electrons. The lowest BCUT2D eigenvalue weighted by atomic mass is 9.83. The van der Waals surface area contributed by atoms with Crippen LogP contribution in [0.15, 0.2) is 58.9 Å². The van der Waals surface area contributed by atoms with Crippen molar-refractivity contribution in [3.05, 3.63) is 105 Å². The number of carbonyl (C=O) groups is 1. The van der Waals surface area contributed by atoms with Gasteiger partial charge in [0.1, 0.15) is 10.5 Å². The predicted octanol–water partition coefficient (Wildman–Crippen LogP) is 1.33. The van der Waals surface area contributed by atoms with Crippen LogP contribution in [0.2, 0.25) is 0 Å². The van der Waals surface area contributed by atoms with Crippen molar-refractivity contribution < 1.29 is 19.4 Å². The lowest BCUT2D eigenvalue weighted by Crippen LogP contribution is -2.40. The maximum Gasteiger partial charge on any atom is 0.337 e. The van der Waals surface area contributed by atoms with E-state index in [2.05, 4.69) is 0 Å². The fraction of sp³-hybridized carbons (Fsp3) is 0.0870. The number of allylic oxidation sites excluding steroid dienone is 1. The highest BCUT2D eigenvalue weighted by Gasteiger charge is 2.36. The topological polar surface area (TPSA) is 184 Å². The van der Waals surface area contributed by atoms with Crippen molar-refractivity contribution in [1.82, 2.24) is 4.57 Å². The number of nitrogens with zero attached hydrogens (tertiary/aromatic N) is 4. The van der Waals surface area contributed by atoms with Gasteiger partial charge in [-0.25, -0.2) is 4.79 Å². The number of methoxy groups -OCH3 is 1. The molecule has 0 aliphatic carbocycles. The van der Waals surface area contributed by atoms with E-state index < -0.39 is 27.3 Å². The van der Waals surface area contributed by atoms with Crippen LogP contribution >= 0.6 is 11.3 Å². The Bertz CT molecular complexity index is 1710. The van der Waals surface area contributed by atoms with Gasteiger partial charge in [-0.15, -0.1) is 11.3 Å². The molecule has 36 heavy (non-hydrogen) atoms. The fourth-order valence-electron chi connectivity index (χ4n) is 3.89. The van der Waals surface area contributed by atoms with E-state index in [9.17, 15) is 35.1 Å². The van der Waals surface area contributed by atoms with Gasteiger partial charge in [0.15, 0.2) is 0 Å². The van der Waals surface area contributed by atoms with Gasteiger partial charge in [0.2, 0.25) is 0 Å². The number of nitro benzene ring substituents is 2. The van der Waals surface area contributed by atoms with Crippen molar-refractivity contribution in [3.8, 4) is 6.07 Å². The van der Waals surface area contributed by atoms with Gasteiger partial charge in [0, 0.05) is 24.3 Å². The molecule has 1 aliphatic rings. The molecule has 1 aromatic heterocycles. The fourth-order valence-corrected chi connectivity index (χ4v) is 5.05. The SMILES string of the molecule is COC(=O)C1=c2s/c(=C/c3cccc([N+](=O)[O-])c3)c(=O)n2C(N)=C(C#N)C1c1cccc([N+](=O)[O-])c1. The Morgan fingerprint density at radius 2 is 1.81 bits per heavy atom. The number of nitro groups is 2. The molecule has 12 nitrogen and oxygen atoms in total. The normalized spacial score (nSPS) is 15.3. The van der Waals surface area contributed by atoms with Gasteiger partial charge < -0.3 is 10.5 Å². The number of hydrogen-bond acceptors (Lipinski definition) is 10. The molecule has 0 spiro atoms. The van der Waals surface area contributed by atoms with E-state index >= 15 is 0 Å². The van der Waals surface area contributed by atoms with E-state index in [0.29, 0.717) is 5.56 Å². The summed E-state index contributed by atoms with van der Waals surface area (Å²) in [5.41, 5.74) is 5.48. The third kappa shape index (κ3) is 4.01. The van der Waals surface area contributed by atoms with Gasteiger partial charge in [-0.2, -0.15) is 5.26 Å². The van der Waals surface area contributed by atoms with Crippen LogP contribution in [-0.2, 0) is 9.53 Å². The highest BCUT2D eigenvalue weighted by atomic mass is 32.1. The van der Waals surface area contributed by atoms with Gasteiger partial charge in [-0.1, -0.05) is 24.3 Å². The number of rotatable bonds is 5. The summed E-state index contributed by atoms with van der Waals surface area (Å²) in [6.07, 6.45) is 1.40. The molecule has 180 valence electrons. The van der Waals surface area contributed by atoms with Crippen LogP contribution in [0.4, 0.5) is 11.4 Å². The minimum Gasteiger partial charge on any atom is -0.466 e. The minimum atomic E-state index is -1.13. The number of benzene rings is 2. The number of aromatic nitrogens is 1. The molecular formula is C23H15N5O7S. The molecule has 0 saturated carbocycles. The molecular weight excluding hydrogens is 490 g/mol. The number of thiazole rings is 1. The Morgan fingerprint density at radius 3 is 2.42 bits per heavy atom. The third-order valence-electron chi connectivity index (χ3n) is 5.47. The molecule has 0 fully saturated rings. The van der Waals surface area contributed by atoms with Crippen LogP contribution < -0.4 is 20.5 Å². The first-order valence-electron chi connectivity index (χ1n) is 10.1. The molecule has 2 heterocycles. The van der Waals surface area contributed by atoms with Crippen molar-refractivity contribution in [2.24, 2.45) is 5.73 Å². The van der Waals surface area contributed by atoms with E-state index in [0.717, 1.165) is 23.0 Å². The second-order valence-corrected chi connectivity index (χ2v) is 8.54. The van der Waals surface area contributed by atoms with E-state index in [-0.39, 0.29) is 43.1 Å². The summed E-state index contributed by atoms with van der Waals surface area (Å²) in [5, 5.41) is 32.3. The molecule has 3 aromatic rings. The molecule has 0 bridgehead atoms. The number of hydrogen-bond donors (Lipinski definition) is 1. The van der Waals surface area contributed by atoms with Crippen molar-refractivity contribution in [2.75, 3.05) is 7.11 Å². The number of fused-ring (bicyclic) bond motifs is 1. The molecule has 2 aromatic carbocycles. The standard InChI is InChI=1S/C23H15N5O7S/c1-35-23(30)19-18(13-5-3-7-15(10-13)28(33)34)16(11-24)20(25)26-21(29)17(36-22(19)26)9-12-4-2-6-14(8-12)27(31)32/h2-10,18H,25H2,1H3/b17-9+. The Balaban J connectivity index is 2.08. The van der Waals surface area contributed by atoms with Crippen LogP contribution in [0, 0.1) is 31.6 Å². The number of esters is 1. The lowest BCUT2D eigenvalue weighted by Gasteiger charge is -2.24. The van der Waals surface area contributed by atoms with Crippen LogP contribution in [0.5, 0.6) is 0 Å². The molecule has 1 atom stereocenters. The van der Waals surface area contributed by atoms with Crippen molar-refractivity contribution >= 4 is 46.2 Å². The van der Waals surface area contributed by atoms with Crippen molar-refractivity contribution in [2.45, 2.75) is 5.92 Å². The summed E-state index contributed by atoms with van der Waals surface area (Å²) in [4.78, 5) is 47.5. The summed E-state index contributed by atoms with van der Waals surface area (Å²) in [7, 11) is 1.12. The zero-order chi connectivity index (χ0) is 26.1. The van der Waals surface area contributed by atoms with Crippen molar-refractivity contribution in [1.29, 1.82) is 5.26 Å². The van der Waals surface area contributed by atoms with E-state index in [4.69, 9.17) is 10.5 Å². The first-order valence-corrected chi connectivity index (χ1v) is 10.9. The number of carbonyl (C=O) groups excluding carboxylic acids is 1. The first-order chi connectivity index (χ1) is 17.2. The Kier molecular flexibility index (Phi) is 6.20. The van der Waals surface area contributed by atoms with Gasteiger partial charge in [-0.05, 0) is 17.2 Å². The average Bonchev–Trinajstić information content (AvgIpc) is 3.19. The smallest absolute Gasteiger partial charge is 0.337 e. The third-order valence-corrected chi connectivity index (χ3v) is 6.58. The zero-order valence-electron chi connectivity index (χ0n) is 18.4. The monoisotopic (exact) mass is 505 g/mol. The van der Waals surface area contributed by atoms with Crippen LogP contribution in [0.25, 0.3) is 17.5 Å². The van der Waals surface area contributed by atoms with E-state index in [1.54, 1.807) is 6.07 Å². The lowest BCUT2D eigenvalue weighted by molar-refractivity contribution is -0.385. The van der Waals surface area contributed by atoms with Crippen molar-refractivity contribution in [3.63, 3.8) is 0 Å². The maximum atomic E-state index is 13.3. The molecule has 0 amide bonds. The molecule has 2 N–H and O–H groups in total. The molecule has 1 unspecified atom stereocenters. The van der Waals surface area contributed by atoms with Gasteiger partial charge in [-0.3, -0.25) is 29.6 Å². The number of ether oxygens (including phenoxy) is 1. The first kappa shape index (κ1) is 24.0. The second kappa shape index (κ2) is 9.28. The Hall–Kier alpha value is -5.09. The highest BCUT2D eigenvalue weighted by Crippen LogP contribution is 2.37. The minimum absolute atomic E-state index is 0.0801. The quantitative estimate of drug-likeness (QED) is 0.303. The number of nitrogens with two attached hydrogens (primary N) is 1.